The Morgan fingerprint density at radius 1 is 1.14 bits per heavy atom. The molecular weight excluding hydrogens is 383 g/mol. The van der Waals surface area contributed by atoms with Crippen molar-refractivity contribution in [2.45, 2.75) is 32.6 Å². The van der Waals surface area contributed by atoms with Crippen molar-refractivity contribution in [3.05, 3.63) is 53.3 Å². The minimum atomic E-state index is -3.66. The van der Waals surface area contributed by atoms with Crippen LogP contribution < -0.4 is 10.1 Å². The molecule has 0 atom stereocenters. The van der Waals surface area contributed by atoms with Gasteiger partial charge in [-0.2, -0.15) is 4.31 Å². The molecule has 0 aromatic heterocycles. The number of ether oxygens (including phenoxy) is 1. The zero-order valence-electron chi connectivity index (χ0n) is 16.5. The number of nitrogens with one attached hydrogen (secondary N) is 1. The highest BCUT2D eigenvalue weighted by molar-refractivity contribution is 7.89. The molecule has 0 saturated carbocycles. The normalized spacial score (nSPS) is 11.5. The van der Waals surface area contributed by atoms with E-state index in [1.807, 2.05) is 0 Å². The second-order valence-corrected chi connectivity index (χ2v) is 8.21. The predicted octanol–water partition coefficient (Wildman–Crippen LogP) is 3.49. The fraction of sp³-hybridized carbons (Fsp3) is 0.350. The Hall–Kier alpha value is -2.45. The molecule has 1 N–H and O–H groups in total. The third kappa shape index (κ3) is 4.88. The number of para-hydroxylation sites is 1. The van der Waals surface area contributed by atoms with E-state index in [0.717, 1.165) is 11.1 Å². The van der Waals surface area contributed by atoms with Crippen LogP contribution in [0.1, 0.15) is 25.0 Å². The summed E-state index contributed by atoms with van der Waals surface area (Å²) >= 11 is 0. The van der Waals surface area contributed by atoms with Crippen LogP contribution in [-0.2, 0) is 14.8 Å². The number of amides is 1. The molecule has 6 nitrogen and oxygen atoms in total. The van der Waals surface area contributed by atoms with Crippen LogP contribution in [0.3, 0.4) is 0 Å². The number of carbonyl (C=O) groups is 1. The fourth-order valence-corrected chi connectivity index (χ4v) is 4.28. The Morgan fingerprint density at radius 2 is 1.79 bits per heavy atom. The topological polar surface area (TPSA) is 75.7 Å². The van der Waals surface area contributed by atoms with Crippen molar-refractivity contribution in [3.8, 4) is 5.75 Å². The summed E-state index contributed by atoms with van der Waals surface area (Å²) in [6.45, 7) is 7.41. The molecular formula is C20H25FN2O4S. The molecule has 1 amide bonds. The molecule has 0 aliphatic heterocycles. The molecule has 0 unspecified atom stereocenters. The Kier molecular flexibility index (Phi) is 7.15. The molecule has 0 radical (unpaired) electrons. The highest BCUT2D eigenvalue weighted by Crippen LogP contribution is 2.26. The Bertz CT molecular complexity index is 957. The summed E-state index contributed by atoms with van der Waals surface area (Å²) in [5, 5.41) is 2.66. The van der Waals surface area contributed by atoms with Gasteiger partial charge in [-0.3, -0.25) is 4.79 Å². The molecule has 2 rings (SSSR count). The van der Waals surface area contributed by atoms with Crippen LogP contribution >= 0.6 is 0 Å². The van der Waals surface area contributed by atoms with Crippen molar-refractivity contribution in [1.29, 1.82) is 0 Å². The van der Waals surface area contributed by atoms with Crippen molar-refractivity contribution in [1.82, 2.24) is 4.31 Å². The monoisotopic (exact) mass is 408 g/mol. The number of halogens is 1. The minimum Gasteiger partial charge on any atom is -0.481 e. The van der Waals surface area contributed by atoms with Gasteiger partial charge in [0.2, 0.25) is 10.0 Å². The summed E-state index contributed by atoms with van der Waals surface area (Å²) in [4.78, 5) is 12.4. The minimum absolute atomic E-state index is 0.0246. The summed E-state index contributed by atoms with van der Waals surface area (Å²) < 4.78 is 45.7. The lowest BCUT2D eigenvalue weighted by Gasteiger charge is -2.20. The third-order valence-corrected chi connectivity index (χ3v) is 6.48. The SMILES string of the molecule is CCN(CC)S(=O)(=O)c1cc(C)c(C)c(NC(=O)COc2ccccc2F)c1. The van der Waals surface area contributed by atoms with Crippen molar-refractivity contribution < 1.29 is 22.3 Å². The van der Waals surface area contributed by atoms with Gasteiger partial charge in [0.05, 0.1) is 4.90 Å². The molecule has 2 aromatic rings. The number of benzene rings is 2. The van der Waals surface area contributed by atoms with Gasteiger partial charge in [0.1, 0.15) is 0 Å². The molecule has 0 aliphatic rings. The van der Waals surface area contributed by atoms with Crippen LogP contribution in [0.5, 0.6) is 5.75 Å². The summed E-state index contributed by atoms with van der Waals surface area (Å²) in [6, 6.07) is 8.82. The second-order valence-electron chi connectivity index (χ2n) is 6.27. The van der Waals surface area contributed by atoms with Crippen LogP contribution in [0.25, 0.3) is 0 Å². The molecule has 0 fully saturated rings. The van der Waals surface area contributed by atoms with E-state index in [1.54, 1.807) is 39.8 Å². The first-order chi connectivity index (χ1) is 13.2. The van der Waals surface area contributed by atoms with Crippen LogP contribution in [0, 0.1) is 19.7 Å². The lowest BCUT2D eigenvalue weighted by Crippen LogP contribution is -2.31. The number of nitrogens with zero attached hydrogens (tertiary/aromatic N) is 1. The first kappa shape index (κ1) is 21.8. The summed E-state index contributed by atoms with van der Waals surface area (Å²) in [5.74, 6) is -1.10. The Balaban J connectivity index is 2.22. The van der Waals surface area contributed by atoms with Crippen molar-refractivity contribution in [2.24, 2.45) is 0 Å². The van der Waals surface area contributed by atoms with Crippen molar-refractivity contribution in [2.75, 3.05) is 25.0 Å². The van der Waals surface area contributed by atoms with E-state index in [1.165, 1.54) is 28.6 Å². The van der Waals surface area contributed by atoms with Gasteiger partial charge in [0.25, 0.3) is 5.91 Å². The van der Waals surface area contributed by atoms with E-state index in [0.29, 0.717) is 18.8 Å². The number of carbonyl (C=O) groups excluding carboxylic acids is 1. The third-order valence-electron chi connectivity index (χ3n) is 4.45. The molecule has 0 bridgehead atoms. The first-order valence-corrected chi connectivity index (χ1v) is 10.4. The molecule has 0 spiro atoms. The Morgan fingerprint density at radius 3 is 2.39 bits per heavy atom. The van der Waals surface area contributed by atoms with Crippen molar-refractivity contribution >= 4 is 21.6 Å². The van der Waals surface area contributed by atoms with Crippen LogP contribution in [0.15, 0.2) is 41.3 Å². The van der Waals surface area contributed by atoms with E-state index < -0.39 is 28.4 Å². The molecule has 28 heavy (non-hydrogen) atoms. The smallest absolute Gasteiger partial charge is 0.262 e. The van der Waals surface area contributed by atoms with Gasteiger partial charge >= 0.3 is 0 Å². The summed E-state index contributed by atoms with van der Waals surface area (Å²) in [5.41, 5.74) is 1.86. The van der Waals surface area contributed by atoms with Gasteiger partial charge in [-0.1, -0.05) is 26.0 Å². The number of rotatable bonds is 8. The van der Waals surface area contributed by atoms with E-state index in [4.69, 9.17) is 4.74 Å². The maximum absolute atomic E-state index is 13.6. The maximum atomic E-state index is 13.6. The molecule has 8 heteroatoms. The van der Waals surface area contributed by atoms with Crippen LogP contribution in [0.4, 0.5) is 10.1 Å². The predicted molar refractivity (Wildman–Crippen MR) is 107 cm³/mol. The number of hydrogen-bond acceptors (Lipinski definition) is 4. The standard InChI is InChI=1S/C20H25FN2O4S/c1-5-23(6-2)28(25,26)16-11-14(3)15(4)18(12-16)22-20(24)13-27-19-10-8-7-9-17(19)21/h7-12H,5-6,13H2,1-4H3,(H,22,24). The largest absolute Gasteiger partial charge is 0.481 e. The molecule has 0 heterocycles. The summed E-state index contributed by atoms with van der Waals surface area (Å²) in [6.07, 6.45) is 0. The quantitative estimate of drug-likeness (QED) is 0.726. The molecule has 2 aromatic carbocycles. The van der Waals surface area contributed by atoms with Gasteiger partial charge in [-0.15, -0.1) is 0 Å². The number of aryl methyl sites for hydroxylation is 1. The highest BCUT2D eigenvalue weighted by Gasteiger charge is 2.23. The van der Waals surface area contributed by atoms with Gasteiger partial charge in [-0.05, 0) is 49.2 Å². The van der Waals surface area contributed by atoms with Crippen LogP contribution in [-0.4, -0.2) is 38.3 Å². The van der Waals surface area contributed by atoms with E-state index in [2.05, 4.69) is 5.32 Å². The second kappa shape index (κ2) is 9.16. The van der Waals surface area contributed by atoms with Crippen molar-refractivity contribution in [3.63, 3.8) is 0 Å². The zero-order chi connectivity index (χ0) is 20.9. The first-order valence-electron chi connectivity index (χ1n) is 8.99. The van der Waals surface area contributed by atoms with Gasteiger partial charge in [-0.25, -0.2) is 12.8 Å². The van der Waals surface area contributed by atoms with Gasteiger partial charge in [0.15, 0.2) is 18.2 Å². The van der Waals surface area contributed by atoms with E-state index in [-0.39, 0.29) is 10.6 Å². The summed E-state index contributed by atoms with van der Waals surface area (Å²) in [7, 11) is -3.66. The number of anilines is 1. The average molecular weight is 408 g/mol. The molecule has 152 valence electrons. The fourth-order valence-electron chi connectivity index (χ4n) is 2.71. The van der Waals surface area contributed by atoms with Crippen LogP contribution in [0.2, 0.25) is 0 Å². The Labute approximate surface area is 165 Å². The number of hydrogen-bond donors (Lipinski definition) is 1. The van der Waals surface area contributed by atoms with Gasteiger partial charge < -0.3 is 10.1 Å². The van der Waals surface area contributed by atoms with Gasteiger partial charge in [0, 0.05) is 18.8 Å². The van der Waals surface area contributed by atoms with E-state index in [9.17, 15) is 17.6 Å². The lowest BCUT2D eigenvalue weighted by atomic mass is 10.1. The average Bonchev–Trinajstić information content (AvgIpc) is 2.65. The van der Waals surface area contributed by atoms with E-state index >= 15 is 0 Å². The lowest BCUT2D eigenvalue weighted by molar-refractivity contribution is -0.118. The maximum Gasteiger partial charge on any atom is 0.262 e. The zero-order valence-corrected chi connectivity index (χ0v) is 17.3. The highest BCUT2D eigenvalue weighted by atomic mass is 32.2. The molecule has 0 saturated heterocycles. The number of sulfonamides is 1. The molecule has 0 aliphatic carbocycles.